The monoisotopic (exact) mass is 583 g/mol. The number of rotatable bonds is 5. The summed E-state index contributed by atoms with van der Waals surface area (Å²) < 4.78 is 38.3. The molecule has 0 aliphatic carbocycles. The zero-order valence-corrected chi connectivity index (χ0v) is 24.4. The van der Waals surface area contributed by atoms with Crippen LogP contribution in [0.2, 0.25) is 0 Å². The topological polar surface area (TPSA) is 74.6 Å². The average Bonchev–Trinajstić information content (AvgIpc) is 3.56. The van der Waals surface area contributed by atoms with Crippen molar-refractivity contribution in [2.45, 2.75) is 69.9 Å². The van der Waals surface area contributed by atoms with Crippen LogP contribution >= 0.6 is 0 Å². The molecule has 3 saturated heterocycles. The van der Waals surface area contributed by atoms with E-state index in [1.165, 1.54) is 12.1 Å². The third kappa shape index (κ3) is 4.18. The number of benzene rings is 2. The molecule has 0 bridgehead atoms. The Balaban J connectivity index is 1.35. The molecule has 9 heteroatoms. The first-order chi connectivity index (χ1) is 21.0. The van der Waals surface area contributed by atoms with Gasteiger partial charge in [-0.3, -0.25) is 4.90 Å². The van der Waals surface area contributed by atoms with E-state index in [0.29, 0.717) is 51.8 Å². The first-order valence-electron chi connectivity index (χ1n) is 15.6. The predicted octanol–water partition coefficient (Wildman–Crippen LogP) is 6.78. The number of hydrogen-bond donors (Lipinski definition) is 1. The summed E-state index contributed by atoms with van der Waals surface area (Å²) in [6, 6.07) is 6.33. The minimum Gasteiger partial charge on any atom is -0.508 e. The molecule has 4 aromatic rings. The summed E-state index contributed by atoms with van der Waals surface area (Å²) in [5.41, 5.74) is 1.51. The molecule has 2 aromatic heterocycles. The molecular formula is C34H35F2N5O2. The average molecular weight is 584 g/mol. The Labute approximate surface area is 249 Å². The number of piperidine rings is 1. The standard InChI is InChI=1S/C34H35F2N5O2/c1-2-23-25(35)10-8-20-17-22(42)18-24(27(20)23)30-29(36)31-28-26(37-30)11-9-21-7-3-4-16-41(21)32(28)39-33(38-31)43-19-34-12-5-14-40(34)15-6-13-34/h8-11,17-18,21,42H,2-7,12-16,19H2,1H3. The number of phenolic OH excluding ortho intramolecular Hbond substituents is 1. The lowest BCUT2D eigenvalue weighted by Gasteiger charge is -2.35. The summed E-state index contributed by atoms with van der Waals surface area (Å²) in [6.07, 6.45) is 12.0. The van der Waals surface area contributed by atoms with Gasteiger partial charge in [-0.15, -0.1) is 0 Å². The van der Waals surface area contributed by atoms with E-state index < -0.39 is 5.82 Å². The van der Waals surface area contributed by atoms with E-state index in [2.05, 4.69) is 15.9 Å². The number of anilines is 1. The first kappa shape index (κ1) is 26.8. The van der Waals surface area contributed by atoms with Crippen LogP contribution in [0, 0.1) is 11.6 Å². The third-order valence-corrected chi connectivity index (χ3v) is 10.1. The molecule has 1 atom stereocenters. The van der Waals surface area contributed by atoms with Crippen LogP contribution in [-0.2, 0) is 6.42 Å². The molecule has 2 aromatic carbocycles. The number of ether oxygens (including phenoxy) is 1. The zero-order chi connectivity index (χ0) is 29.3. The van der Waals surface area contributed by atoms with Gasteiger partial charge in [0.15, 0.2) is 5.82 Å². The Bertz CT molecular complexity index is 1800. The van der Waals surface area contributed by atoms with Crippen molar-refractivity contribution in [1.82, 2.24) is 19.9 Å². The number of nitrogens with zero attached hydrogens (tertiary/aromatic N) is 5. The maximum absolute atomic E-state index is 16.9. The highest BCUT2D eigenvalue weighted by atomic mass is 19.1. The van der Waals surface area contributed by atoms with Crippen molar-refractivity contribution in [2.75, 3.05) is 31.1 Å². The minimum absolute atomic E-state index is 0.00410. The van der Waals surface area contributed by atoms with Crippen molar-refractivity contribution in [3.8, 4) is 23.0 Å². The molecule has 4 aliphatic heterocycles. The first-order valence-corrected chi connectivity index (χ1v) is 15.6. The Morgan fingerprint density at radius 1 is 1.00 bits per heavy atom. The molecule has 1 N–H and O–H groups in total. The van der Waals surface area contributed by atoms with Crippen LogP contribution in [0.15, 0.2) is 30.3 Å². The van der Waals surface area contributed by atoms with Gasteiger partial charge in [0, 0.05) is 18.2 Å². The summed E-state index contributed by atoms with van der Waals surface area (Å²) >= 11 is 0. The van der Waals surface area contributed by atoms with Crippen LogP contribution in [-0.4, -0.2) is 62.8 Å². The molecule has 0 amide bonds. The van der Waals surface area contributed by atoms with Gasteiger partial charge in [-0.05, 0) is 105 Å². The minimum atomic E-state index is -0.629. The fourth-order valence-corrected chi connectivity index (χ4v) is 8.05. The summed E-state index contributed by atoms with van der Waals surface area (Å²) in [6.45, 7) is 5.31. The Morgan fingerprint density at radius 2 is 1.84 bits per heavy atom. The van der Waals surface area contributed by atoms with Crippen molar-refractivity contribution < 1.29 is 18.6 Å². The van der Waals surface area contributed by atoms with Gasteiger partial charge in [-0.2, -0.15) is 9.97 Å². The lowest BCUT2D eigenvalue weighted by atomic mass is 9.94. The smallest absolute Gasteiger partial charge is 0.319 e. The second-order valence-corrected chi connectivity index (χ2v) is 12.5. The third-order valence-electron chi connectivity index (χ3n) is 10.1. The summed E-state index contributed by atoms with van der Waals surface area (Å²) in [4.78, 5) is 19.2. The molecule has 1 unspecified atom stereocenters. The van der Waals surface area contributed by atoms with Gasteiger partial charge in [0.1, 0.15) is 35.2 Å². The lowest BCUT2D eigenvalue weighted by Crippen LogP contribution is -2.43. The zero-order valence-electron chi connectivity index (χ0n) is 24.4. The van der Waals surface area contributed by atoms with Crippen molar-refractivity contribution in [3.05, 3.63) is 53.2 Å². The van der Waals surface area contributed by atoms with E-state index in [1.54, 1.807) is 12.1 Å². The number of aryl methyl sites for hydroxylation is 1. The Kier molecular flexibility index (Phi) is 6.29. The quantitative estimate of drug-likeness (QED) is 0.278. The van der Waals surface area contributed by atoms with E-state index in [1.807, 2.05) is 13.0 Å². The fourth-order valence-electron chi connectivity index (χ4n) is 8.05. The maximum atomic E-state index is 16.9. The fraction of sp³-hybridized carbons (Fsp3) is 0.441. The second kappa shape index (κ2) is 10.1. The highest BCUT2D eigenvalue weighted by Crippen LogP contribution is 2.43. The molecule has 222 valence electrons. The van der Waals surface area contributed by atoms with E-state index in [-0.39, 0.29) is 40.4 Å². The lowest BCUT2D eigenvalue weighted by molar-refractivity contribution is 0.108. The molecule has 7 nitrogen and oxygen atoms in total. The number of aromatic hydroxyl groups is 1. The van der Waals surface area contributed by atoms with E-state index in [9.17, 15) is 5.11 Å². The number of aromatic nitrogens is 3. The number of pyridine rings is 1. The molecular weight excluding hydrogens is 548 g/mol. The van der Waals surface area contributed by atoms with Gasteiger partial charge in [0.2, 0.25) is 0 Å². The molecule has 43 heavy (non-hydrogen) atoms. The summed E-state index contributed by atoms with van der Waals surface area (Å²) in [5.74, 6) is -0.391. The predicted molar refractivity (Wildman–Crippen MR) is 164 cm³/mol. The van der Waals surface area contributed by atoms with Crippen LogP contribution in [0.3, 0.4) is 0 Å². The normalized spacial score (nSPS) is 20.9. The van der Waals surface area contributed by atoms with Gasteiger partial charge < -0.3 is 14.7 Å². The van der Waals surface area contributed by atoms with Crippen molar-refractivity contribution in [1.29, 1.82) is 0 Å². The van der Waals surface area contributed by atoms with Crippen LogP contribution in [0.1, 0.15) is 63.1 Å². The van der Waals surface area contributed by atoms with E-state index >= 15 is 8.78 Å². The van der Waals surface area contributed by atoms with E-state index in [4.69, 9.17) is 19.7 Å². The summed E-state index contributed by atoms with van der Waals surface area (Å²) in [5, 5.41) is 12.4. The van der Waals surface area contributed by atoms with Gasteiger partial charge in [-0.1, -0.05) is 19.1 Å². The van der Waals surface area contributed by atoms with Gasteiger partial charge >= 0.3 is 6.01 Å². The van der Waals surface area contributed by atoms with Crippen molar-refractivity contribution >= 4 is 33.6 Å². The number of fused-ring (bicyclic) bond motifs is 4. The number of phenols is 1. The van der Waals surface area contributed by atoms with Gasteiger partial charge in [0.25, 0.3) is 0 Å². The molecule has 3 fully saturated rings. The molecule has 8 rings (SSSR count). The second-order valence-electron chi connectivity index (χ2n) is 12.5. The Hall–Kier alpha value is -3.85. The molecule has 4 aliphatic rings. The SMILES string of the molecule is CCc1c(F)ccc2cc(O)cc(-c3nc4c5c(nc(OCC67CCCN6CCC7)nc5c3F)N3CCCCC3C=C4)c12. The highest BCUT2D eigenvalue weighted by Gasteiger charge is 2.45. The van der Waals surface area contributed by atoms with Crippen LogP contribution in [0.25, 0.3) is 39.0 Å². The van der Waals surface area contributed by atoms with Crippen LogP contribution < -0.4 is 9.64 Å². The number of hydrogen-bond acceptors (Lipinski definition) is 7. The Morgan fingerprint density at radius 3 is 2.65 bits per heavy atom. The van der Waals surface area contributed by atoms with E-state index in [0.717, 1.165) is 64.6 Å². The number of halogens is 2. The molecule has 0 saturated carbocycles. The van der Waals surface area contributed by atoms with Crippen molar-refractivity contribution in [2.24, 2.45) is 0 Å². The summed E-state index contributed by atoms with van der Waals surface area (Å²) in [7, 11) is 0. The largest absolute Gasteiger partial charge is 0.508 e. The van der Waals surface area contributed by atoms with Crippen LogP contribution in [0.4, 0.5) is 14.6 Å². The van der Waals surface area contributed by atoms with Gasteiger partial charge in [0.05, 0.1) is 16.6 Å². The van der Waals surface area contributed by atoms with Crippen LogP contribution in [0.5, 0.6) is 11.8 Å². The van der Waals surface area contributed by atoms with Crippen molar-refractivity contribution in [3.63, 3.8) is 0 Å². The molecule has 6 heterocycles. The maximum Gasteiger partial charge on any atom is 0.319 e. The highest BCUT2D eigenvalue weighted by molar-refractivity contribution is 6.04. The van der Waals surface area contributed by atoms with Gasteiger partial charge in [-0.25, -0.2) is 13.8 Å². The molecule has 0 radical (unpaired) electrons. The molecule has 0 spiro atoms.